The summed E-state index contributed by atoms with van der Waals surface area (Å²) < 4.78 is 11.3. The van der Waals surface area contributed by atoms with E-state index < -0.39 is 0 Å². The van der Waals surface area contributed by atoms with E-state index in [0.717, 1.165) is 28.6 Å². The summed E-state index contributed by atoms with van der Waals surface area (Å²) in [5, 5.41) is 4.00. The average molecular weight is 322 g/mol. The van der Waals surface area contributed by atoms with E-state index in [2.05, 4.69) is 10.3 Å². The number of benzene rings is 2. The van der Waals surface area contributed by atoms with Crippen LogP contribution in [0.5, 0.6) is 11.5 Å². The molecule has 5 nitrogen and oxygen atoms in total. The Balaban J connectivity index is 1.49. The van der Waals surface area contributed by atoms with Crippen molar-refractivity contribution in [3.63, 3.8) is 0 Å². The van der Waals surface area contributed by atoms with Gasteiger partial charge in [0, 0.05) is 35.3 Å². The maximum Gasteiger partial charge on any atom is 0.228 e. The summed E-state index contributed by atoms with van der Waals surface area (Å²) in [7, 11) is 0. The van der Waals surface area contributed by atoms with Crippen LogP contribution in [0.4, 0.5) is 5.69 Å². The quantitative estimate of drug-likeness (QED) is 0.775. The highest BCUT2D eigenvalue weighted by Crippen LogP contribution is 2.32. The molecule has 0 spiro atoms. The van der Waals surface area contributed by atoms with Crippen LogP contribution in [-0.4, -0.2) is 24.1 Å². The van der Waals surface area contributed by atoms with Gasteiger partial charge in [0.2, 0.25) is 5.91 Å². The normalized spacial score (nSPS) is 13.5. The number of para-hydroxylation sites is 1. The van der Waals surface area contributed by atoms with Gasteiger partial charge in [-0.25, -0.2) is 0 Å². The molecule has 4 rings (SSSR count). The Morgan fingerprint density at radius 1 is 1.08 bits per heavy atom. The fourth-order valence-corrected chi connectivity index (χ4v) is 2.90. The number of ether oxygens (including phenoxy) is 2. The Morgan fingerprint density at radius 3 is 2.83 bits per heavy atom. The molecule has 122 valence electrons. The number of rotatable bonds is 3. The van der Waals surface area contributed by atoms with E-state index >= 15 is 0 Å². The minimum absolute atomic E-state index is 0.0609. The zero-order valence-electron chi connectivity index (χ0n) is 13.2. The largest absolute Gasteiger partial charge is 0.490 e. The fraction of sp³-hybridized carbons (Fsp3) is 0.211. The zero-order chi connectivity index (χ0) is 16.4. The summed E-state index contributed by atoms with van der Waals surface area (Å²) in [6.45, 7) is 1.28. The van der Waals surface area contributed by atoms with Crippen molar-refractivity contribution in [1.82, 2.24) is 4.98 Å². The molecule has 24 heavy (non-hydrogen) atoms. The molecule has 1 aromatic heterocycles. The Morgan fingerprint density at radius 2 is 1.92 bits per heavy atom. The van der Waals surface area contributed by atoms with Crippen molar-refractivity contribution in [2.75, 3.05) is 18.5 Å². The maximum atomic E-state index is 12.4. The van der Waals surface area contributed by atoms with Crippen molar-refractivity contribution in [2.45, 2.75) is 12.8 Å². The van der Waals surface area contributed by atoms with Crippen LogP contribution in [0.1, 0.15) is 12.0 Å². The first-order chi connectivity index (χ1) is 11.8. The Hall–Kier alpha value is -2.95. The smallest absolute Gasteiger partial charge is 0.228 e. The van der Waals surface area contributed by atoms with Gasteiger partial charge in [0.15, 0.2) is 11.5 Å². The molecule has 0 saturated carbocycles. The topological polar surface area (TPSA) is 63.4 Å². The molecule has 2 N–H and O–H groups in total. The van der Waals surface area contributed by atoms with Crippen molar-refractivity contribution in [3.05, 3.63) is 54.2 Å². The lowest BCUT2D eigenvalue weighted by atomic mass is 10.1. The highest BCUT2D eigenvalue weighted by molar-refractivity contribution is 5.96. The van der Waals surface area contributed by atoms with Crippen LogP contribution in [0.15, 0.2) is 48.7 Å². The molecule has 1 aliphatic heterocycles. The predicted octanol–water partition coefficient (Wildman–Crippen LogP) is 3.51. The van der Waals surface area contributed by atoms with Gasteiger partial charge in [-0.05, 0) is 23.8 Å². The van der Waals surface area contributed by atoms with E-state index in [0.29, 0.717) is 31.1 Å². The molecule has 0 saturated heterocycles. The molecule has 5 heteroatoms. The monoisotopic (exact) mass is 322 g/mol. The van der Waals surface area contributed by atoms with Gasteiger partial charge in [-0.1, -0.05) is 18.2 Å². The third-order valence-corrected chi connectivity index (χ3v) is 4.06. The lowest BCUT2D eigenvalue weighted by Gasteiger charge is -2.10. The molecule has 0 radical (unpaired) electrons. The van der Waals surface area contributed by atoms with E-state index in [1.807, 2.05) is 48.7 Å². The number of H-pyrrole nitrogens is 1. The fourth-order valence-electron chi connectivity index (χ4n) is 2.90. The highest BCUT2D eigenvalue weighted by atomic mass is 16.5. The number of hydrogen-bond acceptors (Lipinski definition) is 3. The van der Waals surface area contributed by atoms with Crippen molar-refractivity contribution >= 4 is 22.5 Å². The maximum absolute atomic E-state index is 12.4. The summed E-state index contributed by atoms with van der Waals surface area (Å²) in [6, 6.07) is 13.4. The molecular formula is C19H18N2O3. The van der Waals surface area contributed by atoms with Crippen molar-refractivity contribution in [1.29, 1.82) is 0 Å². The van der Waals surface area contributed by atoms with Crippen molar-refractivity contribution in [2.24, 2.45) is 0 Å². The summed E-state index contributed by atoms with van der Waals surface area (Å²) in [5.41, 5.74) is 2.73. The number of carbonyl (C=O) groups is 1. The van der Waals surface area contributed by atoms with E-state index in [1.165, 1.54) is 0 Å². The number of nitrogens with one attached hydrogen (secondary N) is 2. The summed E-state index contributed by atoms with van der Waals surface area (Å²) in [4.78, 5) is 15.6. The van der Waals surface area contributed by atoms with E-state index in [9.17, 15) is 4.79 Å². The zero-order valence-corrected chi connectivity index (χ0v) is 13.2. The average Bonchev–Trinajstić information content (AvgIpc) is 2.84. The number of carbonyl (C=O) groups excluding carboxylic acids is 1. The molecule has 3 aromatic rings. The van der Waals surface area contributed by atoms with E-state index in [4.69, 9.17) is 9.47 Å². The number of fused-ring (bicyclic) bond motifs is 2. The van der Waals surface area contributed by atoms with Gasteiger partial charge in [-0.15, -0.1) is 0 Å². The molecular weight excluding hydrogens is 304 g/mol. The minimum Gasteiger partial charge on any atom is -0.490 e. The SMILES string of the molecule is O=C(Cc1c[nH]c2ccccc12)Nc1ccc2c(c1)OCCCO2. The van der Waals surface area contributed by atoms with Gasteiger partial charge < -0.3 is 19.8 Å². The first-order valence-electron chi connectivity index (χ1n) is 8.04. The lowest BCUT2D eigenvalue weighted by Crippen LogP contribution is -2.14. The standard InChI is InChI=1S/C19H18N2O3/c22-19(10-13-12-20-16-5-2-1-4-15(13)16)21-14-6-7-17-18(11-14)24-9-3-8-23-17/h1-2,4-7,11-12,20H,3,8-10H2,(H,21,22). The second-order valence-electron chi connectivity index (χ2n) is 5.80. The van der Waals surface area contributed by atoms with Gasteiger partial charge in [-0.2, -0.15) is 0 Å². The predicted molar refractivity (Wildman–Crippen MR) is 92.7 cm³/mol. The molecule has 0 unspecified atom stereocenters. The summed E-state index contributed by atoms with van der Waals surface area (Å²) >= 11 is 0. The van der Waals surface area contributed by atoms with Gasteiger partial charge >= 0.3 is 0 Å². The molecule has 2 heterocycles. The lowest BCUT2D eigenvalue weighted by molar-refractivity contribution is -0.115. The highest BCUT2D eigenvalue weighted by Gasteiger charge is 2.13. The van der Waals surface area contributed by atoms with E-state index in [1.54, 1.807) is 0 Å². The second-order valence-corrected chi connectivity index (χ2v) is 5.80. The van der Waals surface area contributed by atoms with Gasteiger partial charge in [0.25, 0.3) is 0 Å². The number of hydrogen-bond donors (Lipinski definition) is 2. The first-order valence-corrected chi connectivity index (χ1v) is 8.04. The molecule has 0 bridgehead atoms. The number of aromatic amines is 1. The number of anilines is 1. The summed E-state index contributed by atoms with van der Waals surface area (Å²) in [6.07, 6.45) is 3.06. The van der Waals surface area contributed by atoms with Crippen LogP contribution < -0.4 is 14.8 Å². The van der Waals surface area contributed by atoms with E-state index in [-0.39, 0.29) is 5.91 Å². The molecule has 2 aromatic carbocycles. The molecule has 0 aliphatic carbocycles. The van der Waals surface area contributed by atoms with Crippen LogP contribution in [0.25, 0.3) is 10.9 Å². The minimum atomic E-state index is -0.0609. The number of amides is 1. The van der Waals surface area contributed by atoms with Crippen LogP contribution in [0, 0.1) is 0 Å². The van der Waals surface area contributed by atoms with Crippen LogP contribution >= 0.6 is 0 Å². The summed E-state index contributed by atoms with van der Waals surface area (Å²) in [5.74, 6) is 1.34. The molecule has 0 fully saturated rings. The number of aromatic nitrogens is 1. The Labute approximate surface area is 139 Å². The third-order valence-electron chi connectivity index (χ3n) is 4.06. The Kier molecular flexibility index (Phi) is 3.83. The van der Waals surface area contributed by atoms with Crippen LogP contribution in [0.3, 0.4) is 0 Å². The third kappa shape index (κ3) is 2.93. The van der Waals surface area contributed by atoms with Crippen molar-refractivity contribution < 1.29 is 14.3 Å². The Bertz CT molecular complexity index is 885. The molecule has 1 amide bonds. The van der Waals surface area contributed by atoms with Gasteiger partial charge in [0.05, 0.1) is 19.6 Å². The van der Waals surface area contributed by atoms with Gasteiger partial charge in [-0.3, -0.25) is 4.79 Å². The second kappa shape index (κ2) is 6.28. The van der Waals surface area contributed by atoms with Crippen molar-refractivity contribution in [3.8, 4) is 11.5 Å². The van der Waals surface area contributed by atoms with Crippen LogP contribution in [-0.2, 0) is 11.2 Å². The van der Waals surface area contributed by atoms with Gasteiger partial charge in [0.1, 0.15) is 0 Å². The molecule has 0 atom stereocenters. The first kappa shape index (κ1) is 14.6. The molecule has 1 aliphatic rings. The van der Waals surface area contributed by atoms with Crippen LogP contribution in [0.2, 0.25) is 0 Å².